The molecule has 4 heterocycles. The van der Waals surface area contributed by atoms with Crippen molar-refractivity contribution in [3.63, 3.8) is 0 Å². The van der Waals surface area contributed by atoms with Gasteiger partial charge in [-0.2, -0.15) is 0 Å². The molecule has 2 unspecified atom stereocenters. The number of aromatic nitrogens is 2. The van der Waals surface area contributed by atoms with E-state index in [9.17, 15) is 14.4 Å². The minimum absolute atomic E-state index is 0.320. The molecule has 0 radical (unpaired) electrons. The predicted molar refractivity (Wildman–Crippen MR) is 119 cm³/mol. The van der Waals surface area contributed by atoms with Crippen molar-refractivity contribution in [2.24, 2.45) is 4.99 Å². The summed E-state index contributed by atoms with van der Waals surface area (Å²) < 4.78 is 5.97. The summed E-state index contributed by atoms with van der Waals surface area (Å²) in [7, 11) is 1.64. The lowest BCUT2D eigenvalue weighted by Gasteiger charge is -2.40. The van der Waals surface area contributed by atoms with Crippen molar-refractivity contribution in [1.29, 1.82) is 0 Å². The lowest BCUT2D eigenvalue weighted by molar-refractivity contribution is -0.127. The van der Waals surface area contributed by atoms with Gasteiger partial charge < -0.3 is 24.3 Å². The van der Waals surface area contributed by atoms with Crippen molar-refractivity contribution >= 4 is 47.1 Å². The summed E-state index contributed by atoms with van der Waals surface area (Å²) in [6.07, 6.45) is -0.900. The Hall–Kier alpha value is -2.61. The lowest BCUT2D eigenvalue weighted by Crippen LogP contribution is -2.65. The second kappa shape index (κ2) is 9.48. The van der Waals surface area contributed by atoms with Crippen molar-refractivity contribution in [3.8, 4) is 0 Å². The van der Waals surface area contributed by atoms with Gasteiger partial charge in [0.25, 0.3) is 5.91 Å². The summed E-state index contributed by atoms with van der Waals surface area (Å²) in [6.45, 7) is 6.71. The zero-order chi connectivity index (χ0) is 22.8. The molecule has 2 atom stereocenters. The van der Waals surface area contributed by atoms with E-state index in [1.165, 1.54) is 16.2 Å². The van der Waals surface area contributed by atoms with Gasteiger partial charge in [-0.25, -0.2) is 14.6 Å². The number of piperazine rings is 1. The number of amides is 4. The van der Waals surface area contributed by atoms with Crippen LogP contribution in [0.4, 0.5) is 9.59 Å². The standard InChI is InChI=1S/C18H26N8O4S2/c1-4-30-18(29)25-7-5-24(6-8-25)15-19-13-12(14(27)20-16(28)23(13)3)26(15)9-10-31-17-22-21-11(2)32-17/h12-13H,4-10H2,1-3H3,(H,20,27,28). The third-order valence-corrected chi connectivity index (χ3v) is 7.44. The molecule has 3 aliphatic heterocycles. The third kappa shape index (κ3) is 4.46. The highest BCUT2D eigenvalue weighted by molar-refractivity contribution is 8.01. The number of ether oxygens (including phenoxy) is 1. The minimum Gasteiger partial charge on any atom is -0.450 e. The highest BCUT2D eigenvalue weighted by Gasteiger charge is 2.49. The number of thioether (sulfide) groups is 1. The van der Waals surface area contributed by atoms with E-state index in [2.05, 4.69) is 20.4 Å². The molecule has 32 heavy (non-hydrogen) atoms. The Morgan fingerprint density at radius 3 is 2.66 bits per heavy atom. The number of guanidine groups is 1. The molecule has 2 fully saturated rings. The molecule has 1 aromatic heterocycles. The van der Waals surface area contributed by atoms with Gasteiger partial charge in [0.15, 0.2) is 22.5 Å². The minimum atomic E-state index is -0.590. The van der Waals surface area contributed by atoms with Crippen LogP contribution >= 0.6 is 23.1 Å². The number of carbonyl (C=O) groups excluding carboxylic acids is 3. The number of imide groups is 1. The maximum absolute atomic E-state index is 12.7. The van der Waals surface area contributed by atoms with Crippen LogP contribution in [0.3, 0.4) is 0 Å². The van der Waals surface area contributed by atoms with Gasteiger partial charge in [0, 0.05) is 45.5 Å². The number of hydrogen-bond acceptors (Lipinski definition) is 11. The molecule has 1 aromatic rings. The first-order chi connectivity index (χ1) is 15.4. The molecular formula is C18H26N8O4S2. The molecule has 14 heteroatoms. The molecule has 2 saturated heterocycles. The zero-order valence-electron chi connectivity index (χ0n) is 18.2. The van der Waals surface area contributed by atoms with Crippen LogP contribution < -0.4 is 5.32 Å². The van der Waals surface area contributed by atoms with Gasteiger partial charge in [-0.05, 0) is 13.8 Å². The fraction of sp³-hybridized carbons (Fsp3) is 0.667. The number of carbonyl (C=O) groups is 3. The molecule has 0 spiro atoms. The number of fused-ring (bicyclic) bond motifs is 1. The van der Waals surface area contributed by atoms with Crippen LogP contribution in [0, 0.1) is 6.92 Å². The number of nitrogens with zero attached hydrogens (tertiary/aromatic N) is 7. The molecular weight excluding hydrogens is 456 g/mol. The topological polar surface area (TPSA) is 124 Å². The van der Waals surface area contributed by atoms with Crippen LogP contribution in [0.25, 0.3) is 0 Å². The Kier molecular flexibility index (Phi) is 6.69. The molecule has 3 aliphatic rings. The summed E-state index contributed by atoms with van der Waals surface area (Å²) in [5.41, 5.74) is 0. The van der Waals surface area contributed by atoms with Gasteiger partial charge in [-0.15, -0.1) is 10.2 Å². The van der Waals surface area contributed by atoms with Gasteiger partial charge in [0.2, 0.25) is 0 Å². The molecule has 0 aromatic carbocycles. The molecule has 0 bridgehead atoms. The van der Waals surface area contributed by atoms with Gasteiger partial charge in [0.05, 0.1) is 6.61 Å². The summed E-state index contributed by atoms with van der Waals surface area (Å²) in [5, 5.41) is 11.5. The third-order valence-electron chi connectivity index (χ3n) is 5.49. The number of urea groups is 1. The Morgan fingerprint density at radius 1 is 1.25 bits per heavy atom. The summed E-state index contributed by atoms with van der Waals surface area (Å²) in [4.78, 5) is 48.8. The zero-order valence-corrected chi connectivity index (χ0v) is 19.8. The molecule has 0 aliphatic carbocycles. The molecule has 12 nitrogen and oxygen atoms in total. The molecule has 0 saturated carbocycles. The maximum Gasteiger partial charge on any atom is 0.409 e. The average molecular weight is 483 g/mol. The first-order valence-electron chi connectivity index (χ1n) is 10.4. The van der Waals surface area contributed by atoms with Crippen LogP contribution in [0.2, 0.25) is 0 Å². The van der Waals surface area contributed by atoms with Gasteiger partial charge in [0.1, 0.15) is 5.01 Å². The van der Waals surface area contributed by atoms with Crippen LogP contribution in [-0.4, -0.2) is 118 Å². The predicted octanol–water partition coefficient (Wildman–Crippen LogP) is 0.261. The molecule has 1 N–H and O–H groups in total. The number of likely N-dealkylation sites (N-methyl/N-ethyl adjacent to an activating group) is 1. The summed E-state index contributed by atoms with van der Waals surface area (Å²) in [6, 6.07) is -1.04. The Labute approximate surface area is 194 Å². The van der Waals surface area contributed by atoms with Gasteiger partial charge in [-0.1, -0.05) is 23.1 Å². The number of hydrogen-bond donors (Lipinski definition) is 1. The number of rotatable bonds is 5. The average Bonchev–Trinajstić information content (AvgIpc) is 3.36. The van der Waals surface area contributed by atoms with Crippen LogP contribution in [0.5, 0.6) is 0 Å². The van der Waals surface area contributed by atoms with Crippen molar-refractivity contribution < 1.29 is 19.1 Å². The first-order valence-corrected chi connectivity index (χ1v) is 12.2. The highest BCUT2D eigenvalue weighted by Crippen LogP contribution is 2.28. The van der Waals surface area contributed by atoms with Gasteiger partial charge in [-0.3, -0.25) is 10.1 Å². The summed E-state index contributed by atoms with van der Waals surface area (Å²) >= 11 is 3.11. The fourth-order valence-corrected chi connectivity index (χ4v) is 5.71. The van der Waals surface area contributed by atoms with E-state index in [-0.39, 0.29) is 12.0 Å². The molecule has 4 amide bonds. The van der Waals surface area contributed by atoms with Crippen molar-refractivity contribution in [3.05, 3.63) is 5.01 Å². The van der Waals surface area contributed by atoms with E-state index in [1.54, 1.807) is 30.6 Å². The Morgan fingerprint density at radius 2 is 2.00 bits per heavy atom. The van der Waals surface area contributed by atoms with E-state index in [4.69, 9.17) is 9.73 Å². The van der Waals surface area contributed by atoms with Crippen LogP contribution in [-0.2, 0) is 9.53 Å². The Balaban J connectivity index is 1.48. The number of aliphatic imine (C=N–C) groups is 1. The van der Waals surface area contributed by atoms with E-state index in [1.807, 2.05) is 11.8 Å². The van der Waals surface area contributed by atoms with Crippen molar-refractivity contribution in [2.45, 2.75) is 30.4 Å². The molecule has 4 rings (SSSR count). The summed E-state index contributed by atoms with van der Waals surface area (Å²) in [5.74, 6) is 1.01. The van der Waals surface area contributed by atoms with E-state index in [0.29, 0.717) is 51.0 Å². The second-order valence-electron chi connectivity index (χ2n) is 7.49. The van der Waals surface area contributed by atoms with Gasteiger partial charge >= 0.3 is 12.1 Å². The number of aryl methyl sites for hydroxylation is 1. The smallest absolute Gasteiger partial charge is 0.409 e. The lowest BCUT2D eigenvalue weighted by atomic mass is 10.1. The SMILES string of the molecule is CCOC(=O)N1CCN(C2=NC3C(C(=O)NC(=O)N3C)N2CCSc2nnc(C)s2)CC1. The molecule has 174 valence electrons. The number of nitrogens with one attached hydrogen (secondary N) is 1. The quantitative estimate of drug-likeness (QED) is 0.589. The van der Waals surface area contributed by atoms with Crippen molar-refractivity contribution in [1.82, 2.24) is 35.1 Å². The monoisotopic (exact) mass is 482 g/mol. The highest BCUT2D eigenvalue weighted by atomic mass is 32.2. The largest absolute Gasteiger partial charge is 0.450 e. The fourth-order valence-electron chi connectivity index (χ4n) is 3.89. The van der Waals surface area contributed by atoms with E-state index >= 15 is 0 Å². The second-order valence-corrected chi connectivity index (χ2v) is 10.0. The van der Waals surface area contributed by atoms with E-state index < -0.39 is 18.2 Å². The maximum atomic E-state index is 12.7. The van der Waals surface area contributed by atoms with Crippen LogP contribution in [0.1, 0.15) is 11.9 Å². The Bertz CT molecular complexity index is 917. The van der Waals surface area contributed by atoms with Crippen LogP contribution in [0.15, 0.2) is 9.33 Å². The normalized spacial score (nSPS) is 23.3. The van der Waals surface area contributed by atoms with E-state index in [0.717, 1.165) is 9.35 Å². The first kappa shape index (κ1) is 22.6. The van der Waals surface area contributed by atoms with Crippen molar-refractivity contribution in [2.75, 3.05) is 52.1 Å².